The van der Waals surface area contributed by atoms with Crippen LogP contribution in [-0.4, -0.2) is 43.0 Å². The second kappa shape index (κ2) is 11.2. The van der Waals surface area contributed by atoms with E-state index in [1.807, 2.05) is 0 Å². The van der Waals surface area contributed by atoms with Gasteiger partial charge in [-0.3, -0.25) is 14.5 Å². The van der Waals surface area contributed by atoms with Crippen LogP contribution in [0.5, 0.6) is 11.5 Å². The smallest absolute Gasteiger partial charge is 0.387 e. The van der Waals surface area contributed by atoms with Crippen molar-refractivity contribution in [2.75, 3.05) is 24.3 Å². The van der Waals surface area contributed by atoms with Gasteiger partial charge in [-0.05, 0) is 48.0 Å². The number of rotatable bonds is 8. The number of amidine groups is 1. The minimum Gasteiger partial charge on any atom is -0.497 e. The van der Waals surface area contributed by atoms with Crippen molar-refractivity contribution in [1.29, 1.82) is 0 Å². The monoisotopic (exact) mass is 471 g/mol. The zero-order chi connectivity index (χ0) is 23.8. The highest BCUT2D eigenvalue weighted by Crippen LogP contribution is 2.31. The molecule has 0 fully saturated rings. The van der Waals surface area contributed by atoms with Gasteiger partial charge in [0.05, 0.1) is 25.1 Å². The van der Waals surface area contributed by atoms with E-state index in [4.69, 9.17) is 11.2 Å². The SMILES string of the molecule is C#CCNC(=O)CSC1=N/C(=C\c2ccc(OC)cc2)C(=O)N1c1ccc(OC(F)F)cc1. The molecule has 1 N–H and O–H groups in total. The Morgan fingerprint density at radius 2 is 1.88 bits per heavy atom. The Morgan fingerprint density at radius 3 is 2.48 bits per heavy atom. The first-order valence-electron chi connectivity index (χ1n) is 9.58. The second-order valence-corrected chi connectivity index (χ2v) is 7.42. The number of methoxy groups -OCH3 is 1. The van der Waals surface area contributed by atoms with E-state index in [0.717, 1.165) is 17.3 Å². The quantitative estimate of drug-likeness (QED) is 0.471. The maximum absolute atomic E-state index is 13.1. The molecule has 0 atom stereocenters. The van der Waals surface area contributed by atoms with Gasteiger partial charge in [0.2, 0.25) is 5.91 Å². The van der Waals surface area contributed by atoms with Gasteiger partial charge in [-0.1, -0.05) is 29.8 Å². The maximum Gasteiger partial charge on any atom is 0.387 e. The third-order valence-corrected chi connectivity index (χ3v) is 5.23. The van der Waals surface area contributed by atoms with Crippen molar-refractivity contribution >= 4 is 40.5 Å². The predicted molar refractivity (Wildman–Crippen MR) is 123 cm³/mol. The minimum absolute atomic E-state index is 0.0211. The first-order valence-corrected chi connectivity index (χ1v) is 10.6. The van der Waals surface area contributed by atoms with E-state index in [2.05, 4.69) is 21.0 Å². The standard InChI is InChI=1S/C23H19F2N3O4S/c1-3-12-26-20(29)14-33-23-27-19(13-15-4-8-17(31-2)9-5-15)21(30)28(23)16-6-10-18(11-7-16)32-22(24)25/h1,4-11,13,22H,12,14H2,2H3,(H,26,29)/b19-13-. The van der Waals surface area contributed by atoms with Crippen LogP contribution in [0.15, 0.2) is 59.2 Å². The summed E-state index contributed by atoms with van der Waals surface area (Å²) in [6.45, 7) is -2.87. The normalized spacial score (nSPS) is 14.3. The molecule has 7 nitrogen and oxygen atoms in total. The van der Waals surface area contributed by atoms with Gasteiger partial charge in [0.25, 0.3) is 5.91 Å². The fourth-order valence-electron chi connectivity index (χ4n) is 2.79. The molecule has 0 aromatic heterocycles. The number of halogens is 2. The molecule has 0 radical (unpaired) electrons. The molecule has 0 spiro atoms. The number of benzene rings is 2. The zero-order valence-corrected chi connectivity index (χ0v) is 18.3. The van der Waals surface area contributed by atoms with Crippen LogP contribution >= 0.6 is 11.8 Å². The van der Waals surface area contributed by atoms with E-state index >= 15 is 0 Å². The summed E-state index contributed by atoms with van der Waals surface area (Å²) in [6.07, 6.45) is 6.75. The van der Waals surface area contributed by atoms with Gasteiger partial charge in [-0.25, -0.2) is 4.99 Å². The van der Waals surface area contributed by atoms with Crippen molar-refractivity contribution in [2.45, 2.75) is 6.61 Å². The molecule has 0 saturated carbocycles. The topological polar surface area (TPSA) is 80.2 Å². The summed E-state index contributed by atoms with van der Waals surface area (Å²) in [5.41, 5.74) is 1.26. The molecule has 2 aromatic carbocycles. The minimum atomic E-state index is -2.96. The van der Waals surface area contributed by atoms with E-state index < -0.39 is 12.5 Å². The van der Waals surface area contributed by atoms with E-state index in [1.54, 1.807) is 37.5 Å². The zero-order valence-electron chi connectivity index (χ0n) is 17.5. The lowest BCUT2D eigenvalue weighted by Gasteiger charge is -2.18. The van der Waals surface area contributed by atoms with Gasteiger partial charge in [0.1, 0.15) is 17.2 Å². The van der Waals surface area contributed by atoms with Crippen molar-refractivity contribution in [2.24, 2.45) is 4.99 Å². The molecule has 0 unspecified atom stereocenters. The van der Waals surface area contributed by atoms with Crippen LogP contribution in [0.4, 0.5) is 14.5 Å². The van der Waals surface area contributed by atoms with Crippen molar-refractivity contribution in [3.63, 3.8) is 0 Å². The number of anilines is 1. The lowest BCUT2D eigenvalue weighted by Crippen LogP contribution is -2.32. The number of carbonyl (C=O) groups excluding carboxylic acids is 2. The summed E-state index contributed by atoms with van der Waals surface area (Å²) in [4.78, 5) is 30.8. The molecule has 0 aliphatic carbocycles. The number of aliphatic imine (C=N–C) groups is 1. The lowest BCUT2D eigenvalue weighted by molar-refractivity contribution is -0.118. The summed E-state index contributed by atoms with van der Waals surface area (Å²) in [7, 11) is 1.55. The predicted octanol–water partition coefficient (Wildman–Crippen LogP) is 3.52. The number of carbonyl (C=O) groups is 2. The first-order chi connectivity index (χ1) is 15.9. The molecule has 1 heterocycles. The molecule has 33 heavy (non-hydrogen) atoms. The molecule has 10 heteroatoms. The average molecular weight is 471 g/mol. The Hall–Kier alpha value is -3.84. The fourth-order valence-corrected chi connectivity index (χ4v) is 3.63. The second-order valence-electron chi connectivity index (χ2n) is 6.48. The number of ether oxygens (including phenoxy) is 2. The van der Waals surface area contributed by atoms with Gasteiger partial charge < -0.3 is 14.8 Å². The van der Waals surface area contributed by atoms with Gasteiger partial charge in [-0.15, -0.1) is 6.42 Å². The van der Waals surface area contributed by atoms with E-state index in [0.29, 0.717) is 11.4 Å². The average Bonchev–Trinajstić information content (AvgIpc) is 3.11. The van der Waals surface area contributed by atoms with Crippen LogP contribution in [0.3, 0.4) is 0 Å². The Bertz CT molecular complexity index is 1110. The Labute approximate surface area is 193 Å². The number of thioether (sulfide) groups is 1. The van der Waals surface area contributed by atoms with E-state index in [9.17, 15) is 18.4 Å². The van der Waals surface area contributed by atoms with Crippen LogP contribution in [0, 0.1) is 12.3 Å². The molecule has 2 amide bonds. The molecular weight excluding hydrogens is 452 g/mol. The highest BCUT2D eigenvalue weighted by molar-refractivity contribution is 8.14. The number of terminal acetylenes is 1. The number of amides is 2. The third-order valence-electron chi connectivity index (χ3n) is 4.29. The summed E-state index contributed by atoms with van der Waals surface area (Å²) in [6, 6.07) is 12.6. The molecular formula is C23H19F2N3O4S. The largest absolute Gasteiger partial charge is 0.497 e. The third kappa shape index (κ3) is 6.33. The summed E-state index contributed by atoms with van der Waals surface area (Å²) >= 11 is 1.05. The Morgan fingerprint density at radius 1 is 1.21 bits per heavy atom. The Balaban J connectivity index is 1.87. The number of alkyl halides is 2. The van der Waals surface area contributed by atoms with Gasteiger partial charge in [0, 0.05) is 0 Å². The molecule has 2 aromatic rings. The van der Waals surface area contributed by atoms with Crippen LogP contribution in [0.1, 0.15) is 5.56 Å². The fraction of sp³-hybridized carbons (Fsp3) is 0.174. The molecule has 170 valence electrons. The number of hydrogen-bond donors (Lipinski definition) is 1. The van der Waals surface area contributed by atoms with Crippen molar-refractivity contribution in [3.8, 4) is 23.8 Å². The highest BCUT2D eigenvalue weighted by Gasteiger charge is 2.32. The van der Waals surface area contributed by atoms with Crippen LogP contribution in [0.2, 0.25) is 0 Å². The van der Waals surface area contributed by atoms with Crippen LogP contribution in [-0.2, 0) is 9.59 Å². The summed E-state index contributed by atoms with van der Waals surface area (Å²) in [5.74, 6) is 2.16. The lowest BCUT2D eigenvalue weighted by atomic mass is 10.2. The molecule has 1 aliphatic heterocycles. The molecule has 0 saturated heterocycles. The van der Waals surface area contributed by atoms with E-state index in [-0.39, 0.29) is 34.8 Å². The number of nitrogens with one attached hydrogen (secondary N) is 1. The summed E-state index contributed by atoms with van der Waals surface area (Å²) in [5, 5.41) is 2.80. The van der Waals surface area contributed by atoms with Crippen LogP contribution < -0.4 is 19.7 Å². The van der Waals surface area contributed by atoms with Crippen LogP contribution in [0.25, 0.3) is 6.08 Å². The van der Waals surface area contributed by atoms with Crippen molar-refractivity contribution < 1.29 is 27.8 Å². The Kier molecular flexibility index (Phi) is 8.05. The first kappa shape index (κ1) is 23.8. The highest BCUT2D eigenvalue weighted by atomic mass is 32.2. The molecule has 0 bridgehead atoms. The number of hydrogen-bond acceptors (Lipinski definition) is 6. The van der Waals surface area contributed by atoms with E-state index in [1.165, 1.54) is 29.2 Å². The van der Waals surface area contributed by atoms with Gasteiger partial charge >= 0.3 is 6.61 Å². The van der Waals surface area contributed by atoms with Crippen molar-refractivity contribution in [3.05, 3.63) is 59.8 Å². The van der Waals surface area contributed by atoms with Crippen molar-refractivity contribution in [1.82, 2.24) is 5.32 Å². The molecule has 1 aliphatic rings. The maximum atomic E-state index is 13.1. The number of nitrogens with zero attached hydrogens (tertiary/aromatic N) is 2. The van der Waals surface area contributed by atoms with Gasteiger partial charge in [0.15, 0.2) is 5.17 Å². The summed E-state index contributed by atoms with van der Waals surface area (Å²) < 4.78 is 34.4. The molecule has 3 rings (SSSR count). The van der Waals surface area contributed by atoms with Gasteiger partial charge in [-0.2, -0.15) is 8.78 Å².